The standard InChI is InChI=1S/C17H19Cl2NO/c1-11(13-4-7-15(21-3)8-5-13)20-12(2)16-9-6-14(18)10-17(16)19/h4-12,20H,1-3H3/t11-,12?/m1/s1. The molecule has 0 heterocycles. The van der Waals surface area contributed by atoms with Crippen molar-refractivity contribution in [3.05, 3.63) is 63.6 Å². The van der Waals surface area contributed by atoms with Crippen molar-refractivity contribution in [1.82, 2.24) is 5.32 Å². The number of hydrogen-bond donors (Lipinski definition) is 1. The van der Waals surface area contributed by atoms with E-state index in [2.05, 4.69) is 31.3 Å². The van der Waals surface area contributed by atoms with Crippen LogP contribution in [0.25, 0.3) is 0 Å². The van der Waals surface area contributed by atoms with Crippen LogP contribution in [0, 0.1) is 0 Å². The highest BCUT2D eigenvalue weighted by Gasteiger charge is 2.14. The maximum atomic E-state index is 6.25. The van der Waals surface area contributed by atoms with Gasteiger partial charge in [-0.1, -0.05) is 41.4 Å². The van der Waals surface area contributed by atoms with E-state index in [9.17, 15) is 0 Å². The van der Waals surface area contributed by atoms with E-state index < -0.39 is 0 Å². The normalized spacial score (nSPS) is 13.8. The molecule has 2 rings (SSSR count). The Bertz CT molecular complexity index is 598. The molecule has 0 bridgehead atoms. The molecule has 2 aromatic carbocycles. The van der Waals surface area contributed by atoms with Crippen LogP contribution < -0.4 is 10.1 Å². The third kappa shape index (κ3) is 4.13. The summed E-state index contributed by atoms with van der Waals surface area (Å²) in [4.78, 5) is 0. The zero-order valence-electron chi connectivity index (χ0n) is 12.4. The molecule has 0 amide bonds. The van der Waals surface area contributed by atoms with Crippen LogP contribution >= 0.6 is 23.2 Å². The zero-order chi connectivity index (χ0) is 15.4. The number of ether oxygens (including phenoxy) is 1. The van der Waals surface area contributed by atoms with E-state index in [1.807, 2.05) is 24.3 Å². The van der Waals surface area contributed by atoms with E-state index in [1.54, 1.807) is 13.2 Å². The van der Waals surface area contributed by atoms with Gasteiger partial charge in [0.1, 0.15) is 5.75 Å². The highest BCUT2D eigenvalue weighted by atomic mass is 35.5. The van der Waals surface area contributed by atoms with Crippen LogP contribution in [-0.4, -0.2) is 7.11 Å². The lowest BCUT2D eigenvalue weighted by Gasteiger charge is -2.22. The first-order valence-corrected chi connectivity index (χ1v) is 7.62. The fourth-order valence-electron chi connectivity index (χ4n) is 2.31. The Balaban J connectivity index is 2.08. The van der Waals surface area contributed by atoms with Gasteiger partial charge in [-0.15, -0.1) is 0 Å². The van der Waals surface area contributed by atoms with Crippen molar-refractivity contribution < 1.29 is 4.74 Å². The molecule has 2 atom stereocenters. The molecule has 0 aliphatic rings. The van der Waals surface area contributed by atoms with E-state index in [4.69, 9.17) is 27.9 Å². The van der Waals surface area contributed by atoms with E-state index >= 15 is 0 Å². The molecule has 0 saturated carbocycles. The van der Waals surface area contributed by atoms with E-state index in [1.165, 1.54) is 5.56 Å². The van der Waals surface area contributed by atoms with Crippen molar-refractivity contribution in [3.8, 4) is 5.75 Å². The lowest BCUT2D eigenvalue weighted by Crippen LogP contribution is -2.22. The number of nitrogens with one attached hydrogen (secondary N) is 1. The molecule has 0 radical (unpaired) electrons. The molecule has 1 N–H and O–H groups in total. The second kappa shape index (κ2) is 7.17. The van der Waals surface area contributed by atoms with Crippen LogP contribution in [-0.2, 0) is 0 Å². The van der Waals surface area contributed by atoms with Crippen molar-refractivity contribution in [3.63, 3.8) is 0 Å². The third-order valence-electron chi connectivity index (χ3n) is 3.54. The first kappa shape index (κ1) is 16.2. The largest absolute Gasteiger partial charge is 0.497 e. The lowest BCUT2D eigenvalue weighted by molar-refractivity contribution is 0.414. The lowest BCUT2D eigenvalue weighted by atomic mass is 10.0. The zero-order valence-corrected chi connectivity index (χ0v) is 13.9. The molecule has 112 valence electrons. The molecular weight excluding hydrogens is 305 g/mol. The molecular formula is C17H19Cl2NO. The fraction of sp³-hybridized carbons (Fsp3) is 0.294. The van der Waals surface area contributed by atoms with Crippen LogP contribution in [0.4, 0.5) is 0 Å². The summed E-state index contributed by atoms with van der Waals surface area (Å²) in [5.74, 6) is 0.861. The Hall–Kier alpha value is -1.22. The summed E-state index contributed by atoms with van der Waals surface area (Å²) in [6.07, 6.45) is 0. The minimum atomic E-state index is 0.131. The first-order chi connectivity index (χ1) is 10.0. The quantitative estimate of drug-likeness (QED) is 0.793. The summed E-state index contributed by atoms with van der Waals surface area (Å²) in [6.45, 7) is 4.22. The van der Waals surface area contributed by atoms with E-state index in [0.29, 0.717) is 10.0 Å². The summed E-state index contributed by atoms with van der Waals surface area (Å²) in [5, 5.41) is 4.88. The van der Waals surface area contributed by atoms with Gasteiger partial charge in [-0.3, -0.25) is 0 Å². The fourth-order valence-corrected chi connectivity index (χ4v) is 2.88. The molecule has 2 aromatic rings. The SMILES string of the molecule is COc1ccc([C@@H](C)NC(C)c2ccc(Cl)cc2Cl)cc1. The van der Waals surface area contributed by atoms with Gasteiger partial charge >= 0.3 is 0 Å². The molecule has 0 aromatic heterocycles. The predicted molar refractivity (Wildman–Crippen MR) is 89.4 cm³/mol. The molecule has 21 heavy (non-hydrogen) atoms. The maximum absolute atomic E-state index is 6.25. The van der Waals surface area contributed by atoms with E-state index in [-0.39, 0.29) is 12.1 Å². The van der Waals surface area contributed by atoms with Crippen molar-refractivity contribution in [2.75, 3.05) is 7.11 Å². The van der Waals surface area contributed by atoms with Gasteiger partial charge in [-0.05, 0) is 49.2 Å². The van der Waals surface area contributed by atoms with Gasteiger partial charge in [0.25, 0.3) is 0 Å². The highest BCUT2D eigenvalue weighted by molar-refractivity contribution is 6.35. The monoisotopic (exact) mass is 323 g/mol. The molecule has 2 nitrogen and oxygen atoms in total. The van der Waals surface area contributed by atoms with Gasteiger partial charge < -0.3 is 10.1 Å². The summed E-state index contributed by atoms with van der Waals surface area (Å²) < 4.78 is 5.18. The average molecular weight is 324 g/mol. The Labute approximate surface area is 136 Å². The highest BCUT2D eigenvalue weighted by Crippen LogP contribution is 2.28. The molecule has 0 saturated heterocycles. The van der Waals surface area contributed by atoms with Gasteiger partial charge in [0, 0.05) is 22.1 Å². The van der Waals surface area contributed by atoms with E-state index in [0.717, 1.165) is 11.3 Å². The van der Waals surface area contributed by atoms with Crippen molar-refractivity contribution in [2.24, 2.45) is 0 Å². The minimum absolute atomic E-state index is 0.131. The smallest absolute Gasteiger partial charge is 0.118 e. The Morgan fingerprint density at radius 2 is 1.62 bits per heavy atom. The Morgan fingerprint density at radius 3 is 2.19 bits per heavy atom. The summed E-state index contributed by atoms with van der Waals surface area (Å²) in [7, 11) is 1.67. The second-order valence-electron chi connectivity index (χ2n) is 5.05. The molecule has 4 heteroatoms. The van der Waals surface area contributed by atoms with Crippen LogP contribution in [0.3, 0.4) is 0 Å². The number of benzene rings is 2. The van der Waals surface area contributed by atoms with Crippen LogP contribution in [0.2, 0.25) is 10.0 Å². The summed E-state index contributed by atoms with van der Waals surface area (Å²) in [5.41, 5.74) is 2.24. The molecule has 1 unspecified atom stereocenters. The van der Waals surface area contributed by atoms with Gasteiger partial charge in [0.2, 0.25) is 0 Å². The van der Waals surface area contributed by atoms with Gasteiger partial charge in [0.05, 0.1) is 7.11 Å². The van der Waals surface area contributed by atoms with Crippen LogP contribution in [0.15, 0.2) is 42.5 Å². The molecule has 0 aliphatic carbocycles. The van der Waals surface area contributed by atoms with Gasteiger partial charge in [-0.2, -0.15) is 0 Å². The van der Waals surface area contributed by atoms with Crippen LogP contribution in [0.1, 0.15) is 37.1 Å². The number of rotatable bonds is 5. The number of halogens is 2. The number of hydrogen-bond acceptors (Lipinski definition) is 2. The maximum Gasteiger partial charge on any atom is 0.118 e. The molecule has 0 spiro atoms. The van der Waals surface area contributed by atoms with Crippen LogP contribution in [0.5, 0.6) is 5.75 Å². The topological polar surface area (TPSA) is 21.3 Å². The Morgan fingerprint density at radius 1 is 0.952 bits per heavy atom. The van der Waals surface area contributed by atoms with Gasteiger partial charge in [0.15, 0.2) is 0 Å². The van der Waals surface area contributed by atoms with Crippen molar-refractivity contribution >= 4 is 23.2 Å². The van der Waals surface area contributed by atoms with Gasteiger partial charge in [-0.25, -0.2) is 0 Å². The second-order valence-corrected chi connectivity index (χ2v) is 5.89. The molecule has 0 fully saturated rings. The predicted octanol–water partition coefficient (Wildman–Crippen LogP) is 5.41. The summed E-state index contributed by atoms with van der Waals surface area (Å²) >= 11 is 12.2. The van der Waals surface area contributed by atoms with Crippen molar-refractivity contribution in [1.29, 1.82) is 0 Å². The number of methoxy groups -OCH3 is 1. The Kier molecular flexibility index (Phi) is 5.51. The minimum Gasteiger partial charge on any atom is -0.497 e. The first-order valence-electron chi connectivity index (χ1n) is 6.86. The van der Waals surface area contributed by atoms with Crippen molar-refractivity contribution in [2.45, 2.75) is 25.9 Å². The average Bonchev–Trinajstić information content (AvgIpc) is 2.47. The third-order valence-corrected chi connectivity index (χ3v) is 4.11. The molecule has 0 aliphatic heterocycles. The summed E-state index contributed by atoms with van der Waals surface area (Å²) in [6, 6.07) is 14.0.